The minimum atomic E-state index is -3.94. The molecule has 0 aromatic heterocycles. The summed E-state index contributed by atoms with van der Waals surface area (Å²) in [7, 11) is -3.94. The first kappa shape index (κ1) is 14.7. The van der Waals surface area contributed by atoms with Crippen LogP contribution < -0.4 is 0 Å². The third kappa shape index (κ3) is 2.25. The Hall–Kier alpha value is -1.67. The molecule has 20 heavy (non-hydrogen) atoms. The number of nitro groups is 1. The first-order valence-corrected chi connectivity index (χ1v) is 7.68. The van der Waals surface area contributed by atoms with Gasteiger partial charge in [-0.15, -0.1) is 11.6 Å². The van der Waals surface area contributed by atoms with Gasteiger partial charge in [0, 0.05) is 24.6 Å². The molecule has 9 heteroatoms. The van der Waals surface area contributed by atoms with E-state index in [-0.39, 0.29) is 34.5 Å². The van der Waals surface area contributed by atoms with Crippen LogP contribution in [-0.2, 0) is 10.0 Å². The van der Waals surface area contributed by atoms with Gasteiger partial charge in [-0.2, -0.15) is 0 Å². The number of alkyl halides is 1. The normalized spacial score (nSPS) is 17.9. The van der Waals surface area contributed by atoms with E-state index in [4.69, 9.17) is 11.6 Å². The van der Waals surface area contributed by atoms with Gasteiger partial charge in [0.05, 0.1) is 10.5 Å². The first-order valence-electron chi connectivity index (χ1n) is 5.70. The number of benzene rings is 1. The maximum atomic E-state index is 12.2. The van der Waals surface area contributed by atoms with Crippen LogP contribution in [0.25, 0.3) is 0 Å². The summed E-state index contributed by atoms with van der Waals surface area (Å²) in [5, 5.41) is 10.7. The number of carbonyl (C=O) groups excluding carboxylic acids is 1. The standard InChI is InChI=1S/C11H11ClN2O5S/c1-7(5-12)6-13-11(15)9-4-8(14(16)17)2-3-10(9)20(13,18)19/h2-4,7H,5-6H2,1H3. The van der Waals surface area contributed by atoms with Crippen LogP contribution in [0, 0.1) is 16.0 Å². The molecule has 0 bridgehead atoms. The highest BCUT2D eigenvalue weighted by Gasteiger charge is 2.42. The van der Waals surface area contributed by atoms with Crippen molar-refractivity contribution >= 4 is 33.2 Å². The average molecular weight is 319 g/mol. The van der Waals surface area contributed by atoms with Gasteiger partial charge in [0.1, 0.15) is 4.90 Å². The van der Waals surface area contributed by atoms with Crippen LogP contribution in [0.5, 0.6) is 0 Å². The van der Waals surface area contributed by atoms with Crippen molar-refractivity contribution in [1.82, 2.24) is 4.31 Å². The summed E-state index contributed by atoms with van der Waals surface area (Å²) >= 11 is 5.63. The summed E-state index contributed by atoms with van der Waals surface area (Å²) in [6.07, 6.45) is 0. The molecule has 108 valence electrons. The fourth-order valence-corrected chi connectivity index (χ4v) is 3.67. The van der Waals surface area contributed by atoms with Crippen molar-refractivity contribution in [3.8, 4) is 0 Å². The number of nitrogens with zero attached hydrogens (tertiary/aromatic N) is 2. The SMILES string of the molecule is CC(CCl)CN1C(=O)c2cc([N+](=O)[O-])ccc2S1(=O)=O. The third-order valence-corrected chi connectivity index (χ3v) is 5.27. The van der Waals surface area contributed by atoms with Gasteiger partial charge in [-0.1, -0.05) is 6.92 Å². The molecule has 0 aliphatic carbocycles. The van der Waals surface area contributed by atoms with Gasteiger partial charge in [0.25, 0.3) is 21.6 Å². The molecule has 0 fully saturated rings. The zero-order valence-corrected chi connectivity index (χ0v) is 12.0. The predicted octanol–water partition coefficient (Wildman–Crippen LogP) is 1.61. The van der Waals surface area contributed by atoms with Crippen LogP contribution in [0.4, 0.5) is 5.69 Å². The van der Waals surface area contributed by atoms with Crippen molar-refractivity contribution in [1.29, 1.82) is 0 Å². The molecular weight excluding hydrogens is 308 g/mol. The lowest BCUT2D eigenvalue weighted by Crippen LogP contribution is -2.34. The molecule has 2 rings (SSSR count). The van der Waals surface area contributed by atoms with Gasteiger partial charge in [-0.25, -0.2) is 12.7 Å². The summed E-state index contributed by atoms with van der Waals surface area (Å²) in [4.78, 5) is 21.9. The van der Waals surface area contributed by atoms with E-state index in [2.05, 4.69) is 0 Å². The van der Waals surface area contributed by atoms with E-state index in [0.717, 1.165) is 18.2 Å². The van der Waals surface area contributed by atoms with Crippen LogP contribution in [0.3, 0.4) is 0 Å². The zero-order chi connectivity index (χ0) is 15.1. The fraction of sp³-hybridized carbons (Fsp3) is 0.364. The van der Waals surface area contributed by atoms with Crippen molar-refractivity contribution in [3.05, 3.63) is 33.9 Å². The van der Waals surface area contributed by atoms with E-state index in [1.54, 1.807) is 6.92 Å². The summed E-state index contributed by atoms with van der Waals surface area (Å²) in [5.41, 5.74) is -0.486. The Bertz CT molecular complexity index is 688. The van der Waals surface area contributed by atoms with Crippen molar-refractivity contribution in [2.24, 2.45) is 5.92 Å². The van der Waals surface area contributed by atoms with Crippen LogP contribution in [0.1, 0.15) is 17.3 Å². The molecule has 0 spiro atoms. The number of nitro benzene ring substituents is 1. The Labute approximate surface area is 120 Å². The van der Waals surface area contributed by atoms with Crippen molar-refractivity contribution in [2.45, 2.75) is 11.8 Å². The highest BCUT2D eigenvalue weighted by atomic mass is 35.5. The van der Waals surface area contributed by atoms with Gasteiger partial charge in [-0.05, 0) is 12.0 Å². The second-order valence-electron chi connectivity index (χ2n) is 4.54. The number of amides is 1. The van der Waals surface area contributed by atoms with Crippen LogP contribution >= 0.6 is 11.6 Å². The minimum Gasteiger partial charge on any atom is -0.268 e. The van der Waals surface area contributed by atoms with Crippen LogP contribution in [0.15, 0.2) is 23.1 Å². The molecule has 1 amide bonds. The molecule has 1 unspecified atom stereocenters. The van der Waals surface area contributed by atoms with E-state index in [1.165, 1.54) is 0 Å². The predicted molar refractivity (Wildman–Crippen MR) is 71.2 cm³/mol. The number of hydrogen-bond acceptors (Lipinski definition) is 5. The highest BCUT2D eigenvalue weighted by Crippen LogP contribution is 2.33. The second kappa shape index (κ2) is 5.02. The van der Waals surface area contributed by atoms with Crippen LogP contribution in [0.2, 0.25) is 0 Å². The number of fused-ring (bicyclic) bond motifs is 1. The maximum absolute atomic E-state index is 12.2. The molecule has 0 saturated heterocycles. The highest BCUT2D eigenvalue weighted by molar-refractivity contribution is 7.90. The number of rotatable bonds is 4. The van der Waals surface area contributed by atoms with Gasteiger partial charge in [0.2, 0.25) is 0 Å². The Kier molecular flexibility index (Phi) is 3.70. The summed E-state index contributed by atoms with van der Waals surface area (Å²) in [6, 6.07) is 3.14. The molecule has 0 radical (unpaired) electrons. The summed E-state index contributed by atoms with van der Waals surface area (Å²) < 4.78 is 25.2. The molecule has 0 N–H and O–H groups in total. The van der Waals surface area contributed by atoms with Crippen molar-refractivity contribution in [3.63, 3.8) is 0 Å². The second-order valence-corrected chi connectivity index (χ2v) is 6.68. The van der Waals surface area contributed by atoms with Crippen molar-refractivity contribution < 1.29 is 18.1 Å². The van der Waals surface area contributed by atoms with E-state index < -0.39 is 20.9 Å². The number of halogens is 1. The molecule has 1 aliphatic heterocycles. The lowest BCUT2D eigenvalue weighted by molar-refractivity contribution is -0.384. The number of carbonyl (C=O) groups is 1. The quantitative estimate of drug-likeness (QED) is 0.477. The fourth-order valence-electron chi connectivity index (χ4n) is 1.90. The van der Waals surface area contributed by atoms with Gasteiger partial charge >= 0.3 is 0 Å². The van der Waals surface area contributed by atoms with Gasteiger partial charge in [-0.3, -0.25) is 14.9 Å². The van der Waals surface area contributed by atoms with E-state index in [1.807, 2.05) is 0 Å². The lowest BCUT2D eigenvalue weighted by atomic mass is 10.1. The smallest absolute Gasteiger partial charge is 0.268 e. The van der Waals surface area contributed by atoms with E-state index >= 15 is 0 Å². The molecule has 1 atom stereocenters. The Morgan fingerprint density at radius 3 is 2.65 bits per heavy atom. The van der Waals surface area contributed by atoms with E-state index in [0.29, 0.717) is 4.31 Å². The minimum absolute atomic E-state index is 0.0485. The molecule has 0 saturated carbocycles. The number of sulfonamides is 1. The Morgan fingerprint density at radius 2 is 2.10 bits per heavy atom. The van der Waals surface area contributed by atoms with Gasteiger partial charge < -0.3 is 0 Å². The monoisotopic (exact) mass is 318 g/mol. The average Bonchev–Trinajstić information content (AvgIpc) is 2.59. The number of non-ortho nitro benzene ring substituents is 1. The largest absolute Gasteiger partial charge is 0.270 e. The molecular formula is C11H11ClN2O5S. The van der Waals surface area contributed by atoms with Crippen LogP contribution in [-0.4, -0.2) is 36.0 Å². The van der Waals surface area contributed by atoms with Crippen molar-refractivity contribution in [2.75, 3.05) is 12.4 Å². The third-order valence-electron chi connectivity index (χ3n) is 2.94. The van der Waals surface area contributed by atoms with E-state index in [9.17, 15) is 23.3 Å². The lowest BCUT2D eigenvalue weighted by Gasteiger charge is -2.18. The molecule has 7 nitrogen and oxygen atoms in total. The molecule has 1 heterocycles. The topological polar surface area (TPSA) is 97.6 Å². The van der Waals surface area contributed by atoms with Gasteiger partial charge in [0.15, 0.2) is 0 Å². The molecule has 1 aromatic carbocycles. The number of hydrogen-bond donors (Lipinski definition) is 0. The zero-order valence-electron chi connectivity index (χ0n) is 10.4. The Balaban J connectivity index is 2.50. The summed E-state index contributed by atoms with van der Waals surface area (Å²) in [5.74, 6) is -0.754. The summed E-state index contributed by atoms with van der Waals surface area (Å²) in [6.45, 7) is 1.66. The first-order chi connectivity index (χ1) is 9.28. The molecule has 1 aromatic rings. The maximum Gasteiger partial charge on any atom is 0.270 e. The Morgan fingerprint density at radius 1 is 1.45 bits per heavy atom. The molecule has 1 aliphatic rings.